The van der Waals surface area contributed by atoms with Gasteiger partial charge in [-0.1, -0.05) is 0 Å². The Morgan fingerprint density at radius 2 is 1.94 bits per heavy atom. The quantitative estimate of drug-likeness (QED) is 0.736. The average Bonchev–Trinajstić information content (AvgIpc) is 3.04. The van der Waals surface area contributed by atoms with Gasteiger partial charge in [0.2, 0.25) is 0 Å². The molecule has 0 saturated heterocycles. The molecule has 0 amide bonds. The topological polar surface area (TPSA) is 112 Å². The van der Waals surface area contributed by atoms with E-state index in [0.29, 0.717) is 0 Å². The van der Waals surface area contributed by atoms with Crippen LogP contribution < -0.4 is 0 Å². The van der Waals surface area contributed by atoms with Crippen molar-refractivity contribution >= 4 is 11.9 Å². The summed E-state index contributed by atoms with van der Waals surface area (Å²) in [6.45, 7) is 0. The standard InChI is InChI=1S/C9H9N5O4/c1-17-8(15)5-7(11-3-10-5)14-4-12-6(13-14)9(16)18-2/h3-4H,1-2H3,(H,10,11). The molecule has 94 valence electrons. The lowest BCUT2D eigenvalue weighted by atomic mass is 10.4. The number of hydrogen-bond acceptors (Lipinski definition) is 7. The van der Waals surface area contributed by atoms with Crippen LogP contribution in [0.1, 0.15) is 21.1 Å². The van der Waals surface area contributed by atoms with E-state index in [-0.39, 0.29) is 17.3 Å². The minimum absolute atomic E-state index is 0.110. The molecule has 0 radical (unpaired) electrons. The SMILES string of the molecule is COC(=O)c1ncn(-c2nc[nH]c2C(=O)OC)n1. The summed E-state index contributed by atoms with van der Waals surface area (Å²) in [5.74, 6) is -1.22. The van der Waals surface area contributed by atoms with Crippen LogP contribution in [-0.2, 0) is 9.47 Å². The van der Waals surface area contributed by atoms with E-state index in [0.717, 1.165) is 0 Å². The maximum absolute atomic E-state index is 11.4. The Balaban J connectivity index is 2.38. The summed E-state index contributed by atoms with van der Waals surface area (Å²) < 4.78 is 10.2. The highest BCUT2D eigenvalue weighted by atomic mass is 16.5. The van der Waals surface area contributed by atoms with Crippen molar-refractivity contribution in [1.29, 1.82) is 0 Å². The summed E-state index contributed by atoms with van der Waals surface area (Å²) in [5, 5.41) is 3.84. The zero-order valence-corrected chi connectivity index (χ0v) is 9.58. The van der Waals surface area contributed by atoms with Crippen molar-refractivity contribution in [2.45, 2.75) is 0 Å². The first kappa shape index (κ1) is 11.8. The Morgan fingerprint density at radius 3 is 2.61 bits per heavy atom. The van der Waals surface area contributed by atoms with Crippen molar-refractivity contribution in [3.8, 4) is 5.82 Å². The van der Waals surface area contributed by atoms with E-state index in [2.05, 4.69) is 29.5 Å². The first-order chi connectivity index (χ1) is 8.67. The number of nitrogens with zero attached hydrogens (tertiary/aromatic N) is 4. The molecule has 0 aliphatic carbocycles. The van der Waals surface area contributed by atoms with E-state index in [1.807, 2.05) is 0 Å². The monoisotopic (exact) mass is 251 g/mol. The molecular formula is C9H9N5O4. The molecule has 1 N–H and O–H groups in total. The number of esters is 2. The number of H-pyrrole nitrogens is 1. The van der Waals surface area contributed by atoms with E-state index in [4.69, 9.17) is 0 Å². The van der Waals surface area contributed by atoms with E-state index in [9.17, 15) is 9.59 Å². The molecule has 2 aromatic heterocycles. The zero-order valence-electron chi connectivity index (χ0n) is 9.58. The molecule has 2 heterocycles. The maximum atomic E-state index is 11.4. The van der Waals surface area contributed by atoms with Crippen molar-refractivity contribution in [2.24, 2.45) is 0 Å². The van der Waals surface area contributed by atoms with Gasteiger partial charge in [0, 0.05) is 0 Å². The van der Waals surface area contributed by atoms with E-state index in [1.165, 1.54) is 31.6 Å². The van der Waals surface area contributed by atoms with Crippen LogP contribution >= 0.6 is 0 Å². The number of aromatic amines is 1. The number of rotatable bonds is 3. The third kappa shape index (κ3) is 1.93. The van der Waals surface area contributed by atoms with Gasteiger partial charge in [0.1, 0.15) is 6.33 Å². The van der Waals surface area contributed by atoms with E-state index in [1.54, 1.807) is 0 Å². The second-order valence-electron chi connectivity index (χ2n) is 3.10. The van der Waals surface area contributed by atoms with Crippen molar-refractivity contribution in [2.75, 3.05) is 14.2 Å². The van der Waals surface area contributed by atoms with Gasteiger partial charge in [0.25, 0.3) is 5.82 Å². The van der Waals surface area contributed by atoms with Gasteiger partial charge in [-0.05, 0) is 0 Å². The Morgan fingerprint density at radius 1 is 1.22 bits per heavy atom. The molecule has 2 aromatic rings. The summed E-state index contributed by atoms with van der Waals surface area (Å²) in [6.07, 6.45) is 2.55. The Bertz CT molecular complexity index is 587. The number of carbonyl (C=O) groups is 2. The van der Waals surface area contributed by atoms with Gasteiger partial charge in [0.15, 0.2) is 11.5 Å². The van der Waals surface area contributed by atoms with Crippen LogP contribution in [0.4, 0.5) is 0 Å². The third-order valence-electron chi connectivity index (χ3n) is 2.09. The average molecular weight is 251 g/mol. The third-order valence-corrected chi connectivity index (χ3v) is 2.09. The molecule has 0 spiro atoms. The molecule has 0 fully saturated rings. The molecule has 9 heteroatoms. The second kappa shape index (κ2) is 4.65. The number of hydrogen-bond donors (Lipinski definition) is 1. The van der Waals surface area contributed by atoms with Gasteiger partial charge in [-0.2, -0.15) is 4.68 Å². The number of carbonyl (C=O) groups excluding carboxylic acids is 2. The predicted octanol–water partition coefficient (Wildman–Crippen LogP) is -0.436. The molecule has 0 aliphatic rings. The second-order valence-corrected chi connectivity index (χ2v) is 3.10. The summed E-state index contributed by atoms with van der Waals surface area (Å²) in [7, 11) is 2.46. The Kier molecular flexibility index (Phi) is 3.04. The highest BCUT2D eigenvalue weighted by Crippen LogP contribution is 2.09. The lowest BCUT2D eigenvalue weighted by Crippen LogP contribution is -2.09. The minimum Gasteiger partial charge on any atom is -0.464 e. The van der Waals surface area contributed by atoms with Crippen LogP contribution in [0.5, 0.6) is 0 Å². The van der Waals surface area contributed by atoms with Gasteiger partial charge in [-0.15, -0.1) is 5.10 Å². The van der Waals surface area contributed by atoms with Crippen molar-refractivity contribution < 1.29 is 19.1 Å². The fraction of sp³-hybridized carbons (Fsp3) is 0.222. The molecule has 0 unspecified atom stereocenters. The zero-order chi connectivity index (χ0) is 13.1. The van der Waals surface area contributed by atoms with Gasteiger partial charge in [-0.25, -0.2) is 19.6 Å². The Labute approximate surface area is 101 Å². The van der Waals surface area contributed by atoms with Crippen molar-refractivity contribution in [3.63, 3.8) is 0 Å². The highest BCUT2D eigenvalue weighted by molar-refractivity contribution is 5.90. The number of methoxy groups -OCH3 is 2. The summed E-state index contributed by atoms with van der Waals surface area (Å²) in [5.41, 5.74) is 0.110. The maximum Gasteiger partial charge on any atom is 0.377 e. The van der Waals surface area contributed by atoms with Crippen LogP contribution in [0.25, 0.3) is 5.82 Å². The number of imidazole rings is 1. The normalized spacial score (nSPS) is 10.1. The number of aromatic nitrogens is 5. The summed E-state index contributed by atoms with van der Waals surface area (Å²) in [6, 6.07) is 0. The molecular weight excluding hydrogens is 242 g/mol. The lowest BCUT2D eigenvalue weighted by Gasteiger charge is -1.99. The van der Waals surface area contributed by atoms with Crippen molar-refractivity contribution in [1.82, 2.24) is 24.7 Å². The fourth-order valence-corrected chi connectivity index (χ4v) is 1.26. The summed E-state index contributed by atoms with van der Waals surface area (Å²) in [4.78, 5) is 32.9. The minimum atomic E-state index is -0.677. The van der Waals surface area contributed by atoms with Crippen LogP contribution in [0, 0.1) is 0 Å². The van der Waals surface area contributed by atoms with Gasteiger partial charge in [-0.3, -0.25) is 0 Å². The van der Waals surface area contributed by atoms with Gasteiger partial charge >= 0.3 is 11.9 Å². The molecule has 2 rings (SSSR count). The first-order valence-electron chi connectivity index (χ1n) is 4.79. The highest BCUT2D eigenvalue weighted by Gasteiger charge is 2.19. The molecule has 9 nitrogen and oxygen atoms in total. The summed E-state index contributed by atoms with van der Waals surface area (Å²) >= 11 is 0. The molecule has 0 saturated carbocycles. The van der Waals surface area contributed by atoms with Gasteiger partial charge in [0.05, 0.1) is 20.5 Å². The number of ether oxygens (including phenoxy) is 2. The first-order valence-corrected chi connectivity index (χ1v) is 4.79. The molecule has 0 aromatic carbocycles. The van der Waals surface area contributed by atoms with Crippen LogP contribution in [0.2, 0.25) is 0 Å². The predicted molar refractivity (Wildman–Crippen MR) is 56.2 cm³/mol. The van der Waals surface area contributed by atoms with E-state index < -0.39 is 11.9 Å². The Hall–Kier alpha value is -2.71. The fourth-order valence-electron chi connectivity index (χ4n) is 1.26. The molecule has 0 bridgehead atoms. The molecule has 18 heavy (non-hydrogen) atoms. The van der Waals surface area contributed by atoms with Crippen LogP contribution in [0.3, 0.4) is 0 Å². The molecule has 0 atom stereocenters. The van der Waals surface area contributed by atoms with E-state index >= 15 is 0 Å². The van der Waals surface area contributed by atoms with Gasteiger partial charge < -0.3 is 14.5 Å². The van der Waals surface area contributed by atoms with Crippen LogP contribution in [0.15, 0.2) is 12.7 Å². The molecule has 0 aliphatic heterocycles. The van der Waals surface area contributed by atoms with Crippen LogP contribution in [-0.4, -0.2) is 50.9 Å². The smallest absolute Gasteiger partial charge is 0.377 e. The number of nitrogens with one attached hydrogen (secondary N) is 1. The lowest BCUT2D eigenvalue weighted by molar-refractivity contribution is 0.0583. The largest absolute Gasteiger partial charge is 0.464 e. The van der Waals surface area contributed by atoms with Crippen molar-refractivity contribution in [3.05, 3.63) is 24.2 Å².